The highest BCUT2D eigenvalue weighted by Crippen LogP contribution is 2.48. The summed E-state index contributed by atoms with van der Waals surface area (Å²) >= 11 is 0. The third kappa shape index (κ3) is 2.83. The molecule has 0 saturated carbocycles. The number of amides is 1. The van der Waals surface area contributed by atoms with Crippen molar-refractivity contribution in [1.29, 1.82) is 0 Å². The van der Waals surface area contributed by atoms with Crippen molar-refractivity contribution in [3.05, 3.63) is 108 Å². The van der Waals surface area contributed by atoms with Crippen LogP contribution >= 0.6 is 0 Å². The number of nitrogens with two attached hydrogens (primary N) is 1. The first-order chi connectivity index (χ1) is 13.7. The molecule has 142 valence electrons. The standard InChI is InChI=1S/C25H26N2O/c26-24(18-10-11-19-27-23(24)28)25(20-12-4-1-5-13-20,21-14-6-2-7-15-21)22-16-8-3-9-17-22/h1-9,12-17H,10-11,18-19,26H2,(H,27,28)/t24-/m1/s1. The monoisotopic (exact) mass is 370 g/mol. The van der Waals surface area contributed by atoms with Gasteiger partial charge in [0.15, 0.2) is 0 Å². The maximum atomic E-state index is 13.5. The smallest absolute Gasteiger partial charge is 0.241 e. The Balaban J connectivity index is 2.11. The van der Waals surface area contributed by atoms with Crippen molar-refractivity contribution in [2.75, 3.05) is 6.54 Å². The molecule has 3 aromatic carbocycles. The molecule has 0 radical (unpaired) electrons. The second-order valence-electron chi connectivity index (χ2n) is 7.53. The average Bonchev–Trinajstić information content (AvgIpc) is 2.93. The van der Waals surface area contributed by atoms with Gasteiger partial charge in [0.1, 0.15) is 5.54 Å². The van der Waals surface area contributed by atoms with Crippen LogP contribution in [0.3, 0.4) is 0 Å². The molecule has 0 bridgehead atoms. The Morgan fingerprint density at radius 2 is 1.14 bits per heavy atom. The quantitative estimate of drug-likeness (QED) is 0.682. The van der Waals surface area contributed by atoms with Gasteiger partial charge in [-0.2, -0.15) is 0 Å². The SMILES string of the molecule is N[C@]1(C(c2ccccc2)(c2ccccc2)c2ccccc2)CCCCNC1=O. The maximum absolute atomic E-state index is 13.5. The Morgan fingerprint density at radius 3 is 1.57 bits per heavy atom. The van der Waals surface area contributed by atoms with Gasteiger partial charge in [-0.3, -0.25) is 4.79 Å². The Labute approximate surface area is 166 Å². The third-order valence-electron chi connectivity index (χ3n) is 5.98. The van der Waals surface area contributed by atoms with Gasteiger partial charge in [0.25, 0.3) is 0 Å². The minimum atomic E-state index is -1.10. The fourth-order valence-corrected chi connectivity index (χ4v) is 4.70. The Bertz CT molecular complexity index is 828. The lowest BCUT2D eigenvalue weighted by Crippen LogP contribution is -2.66. The van der Waals surface area contributed by atoms with E-state index < -0.39 is 11.0 Å². The van der Waals surface area contributed by atoms with Gasteiger partial charge in [-0.25, -0.2) is 0 Å². The molecule has 3 N–H and O–H groups in total. The van der Waals surface area contributed by atoms with E-state index in [1.165, 1.54) is 0 Å². The number of carbonyl (C=O) groups is 1. The van der Waals surface area contributed by atoms with Crippen LogP contribution in [0, 0.1) is 0 Å². The predicted octanol–water partition coefficient (Wildman–Crippen LogP) is 4.02. The highest BCUT2D eigenvalue weighted by molar-refractivity contribution is 5.91. The van der Waals surface area contributed by atoms with Crippen molar-refractivity contribution in [3.8, 4) is 0 Å². The second kappa shape index (κ2) is 7.61. The van der Waals surface area contributed by atoms with Crippen LogP contribution in [0.15, 0.2) is 91.0 Å². The molecule has 3 heteroatoms. The van der Waals surface area contributed by atoms with Crippen molar-refractivity contribution in [2.24, 2.45) is 5.73 Å². The summed E-state index contributed by atoms with van der Waals surface area (Å²) in [5.41, 5.74) is 8.38. The molecule has 4 rings (SSSR count). The van der Waals surface area contributed by atoms with Crippen molar-refractivity contribution in [2.45, 2.75) is 30.2 Å². The van der Waals surface area contributed by atoms with Gasteiger partial charge in [-0.1, -0.05) is 91.0 Å². The van der Waals surface area contributed by atoms with Crippen LogP contribution in [0.1, 0.15) is 36.0 Å². The predicted molar refractivity (Wildman–Crippen MR) is 113 cm³/mol. The summed E-state index contributed by atoms with van der Waals surface area (Å²) < 4.78 is 0. The molecule has 0 spiro atoms. The zero-order valence-electron chi connectivity index (χ0n) is 16.0. The fraction of sp³-hybridized carbons (Fsp3) is 0.240. The molecule has 0 aliphatic carbocycles. The van der Waals surface area contributed by atoms with Crippen LogP contribution in [0.4, 0.5) is 0 Å². The molecule has 1 fully saturated rings. The molecule has 3 aromatic rings. The van der Waals surface area contributed by atoms with Gasteiger partial charge in [0, 0.05) is 6.54 Å². The highest BCUT2D eigenvalue weighted by Gasteiger charge is 2.56. The van der Waals surface area contributed by atoms with E-state index in [1.54, 1.807) is 0 Å². The van der Waals surface area contributed by atoms with E-state index in [1.807, 2.05) is 54.6 Å². The Kier molecular flexibility index (Phi) is 5.01. The lowest BCUT2D eigenvalue weighted by molar-refractivity contribution is -0.127. The summed E-state index contributed by atoms with van der Waals surface area (Å²) in [5, 5.41) is 3.09. The van der Waals surface area contributed by atoms with E-state index in [0.717, 1.165) is 29.5 Å². The van der Waals surface area contributed by atoms with Gasteiger partial charge in [-0.15, -0.1) is 0 Å². The largest absolute Gasteiger partial charge is 0.354 e. The summed E-state index contributed by atoms with van der Waals surface area (Å²) in [5.74, 6) is -0.0819. The normalized spacial score (nSPS) is 20.2. The molecule has 1 aliphatic rings. The summed E-state index contributed by atoms with van der Waals surface area (Å²) in [6.45, 7) is 0.673. The molecule has 1 amide bonds. The summed E-state index contributed by atoms with van der Waals surface area (Å²) in [4.78, 5) is 13.5. The van der Waals surface area contributed by atoms with Gasteiger partial charge in [0.05, 0.1) is 5.41 Å². The molecular formula is C25H26N2O. The zero-order valence-corrected chi connectivity index (χ0v) is 16.0. The van der Waals surface area contributed by atoms with Crippen molar-refractivity contribution in [3.63, 3.8) is 0 Å². The van der Waals surface area contributed by atoms with Crippen LogP contribution in [0.2, 0.25) is 0 Å². The first kappa shape index (κ1) is 18.5. The molecular weight excluding hydrogens is 344 g/mol. The van der Waals surface area contributed by atoms with Crippen LogP contribution in [-0.2, 0) is 10.2 Å². The van der Waals surface area contributed by atoms with Crippen LogP contribution in [0.5, 0.6) is 0 Å². The number of hydrogen-bond acceptors (Lipinski definition) is 2. The molecule has 28 heavy (non-hydrogen) atoms. The van der Waals surface area contributed by atoms with Crippen molar-refractivity contribution < 1.29 is 4.79 Å². The van der Waals surface area contributed by atoms with Gasteiger partial charge < -0.3 is 11.1 Å². The van der Waals surface area contributed by atoms with Crippen molar-refractivity contribution in [1.82, 2.24) is 5.32 Å². The first-order valence-electron chi connectivity index (χ1n) is 9.93. The number of benzene rings is 3. The lowest BCUT2D eigenvalue weighted by Gasteiger charge is -2.48. The van der Waals surface area contributed by atoms with E-state index in [4.69, 9.17) is 5.73 Å². The second-order valence-corrected chi connectivity index (χ2v) is 7.53. The summed E-state index contributed by atoms with van der Waals surface area (Å²) in [6, 6.07) is 30.7. The summed E-state index contributed by atoms with van der Waals surface area (Å²) in [6.07, 6.45) is 2.47. The Morgan fingerprint density at radius 1 is 0.714 bits per heavy atom. The molecule has 0 aromatic heterocycles. The topological polar surface area (TPSA) is 55.1 Å². The van der Waals surface area contributed by atoms with Gasteiger partial charge in [-0.05, 0) is 36.0 Å². The average molecular weight is 370 g/mol. The molecule has 1 saturated heterocycles. The number of nitrogens with one attached hydrogen (secondary N) is 1. The van der Waals surface area contributed by atoms with Crippen molar-refractivity contribution >= 4 is 5.91 Å². The highest BCUT2D eigenvalue weighted by atomic mass is 16.2. The summed E-state index contributed by atoms with van der Waals surface area (Å²) in [7, 11) is 0. The third-order valence-corrected chi connectivity index (χ3v) is 5.98. The zero-order chi connectivity index (χ0) is 19.5. The number of carbonyl (C=O) groups excluding carboxylic acids is 1. The molecule has 0 unspecified atom stereocenters. The molecule has 1 aliphatic heterocycles. The van der Waals surface area contributed by atoms with E-state index >= 15 is 0 Å². The molecule has 1 atom stereocenters. The Hall–Kier alpha value is -2.91. The van der Waals surface area contributed by atoms with E-state index in [0.29, 0.717) is 13.0 Å². The minimum absolute atomic E-state index is 0.0819. The van der Waals surface area contributed by atoms with E-state index in [9.17, 15) is 4.79 Å². The van der Waals surface area contributed by atoms with Gasteiger partial charge in [0.2, 0.25) is 5.91 Å². The number of hydrogen-bond donors (Lipinski definition) is 2. The lowest BCUT2D eigenvalue weighted by atomic mass is 9.56. The van der Waals surface area contributed by atoms with E-state index in [-0.39, 0.29) is 5.91 Å². The molecule has 1 heterocycles. The van der Waals surface area contributed by atoms with Crippen LogP contribution in [-0.4, -0.2) is 18.0 Å². The maximum Gasteiger partial charge on any atom is 0.241 e. The fourth-order valence-electron chi connectivity index (χ4n) is 4.70. The molecule has 3 nitrogen and oxygen atoms in total. The van der Waals surface area contributed by atoms with Crippen LogP contribution < -0.4 is 11.1 Å². The number of rotatable bonds is 4. The first-order valence-corrected chi connectivity index (χ1v) is 9.93. The minimum Gasteiger partial charge on any atom is -0.354 e. The van der Waals surface area contributed by atoms with E-state index in [2.05, 4.69) is 41.7 Å². The van der Waals surface area contributed by atoms with Crippen LogP contribution in [0.25, 0.3) is 0 Å². The van der Waals surface area contributed by atoms with Gasteiger partial charge >= 0.3 is 0 Å².